The van der Waals surface area contributed by atoms with E-state index in [1.165, 1.54) is 4.57 Å². The summed E-state index contributed by atoms with van der Waals surface area (Å²) in [5.74, 6) is 0.345. The van der Waals surface area contributed by atoms with Gasteiger partial charge in [0.2, 0.25) is 0 Å². The van der Waals surface area contributed by atoms with Crippen molar-refractivity contribution in [2.75, 3.05) is 5.73 Å². The van der Waals surface area contributed by atoms with E-state index in [0.717, 1.165) is 0 Å². The summed E-state index contributed by atoms with van der Waals surface area (Å²) in [6, 6.07) is 0. The lowest BCUT2D eigenvalue weighted by Gasteiger charge is -2.02. The highest BCUT2D eigenvalue weighted by molar-refractivity contribution is 7.71. The molecule has 0 amide bonds. The van der Waals surface area contributed by atoms with Crippen LogP contribution in [0.1, 0.15) is 5.56 Å². The number of hydrogen-bond acceptors (Lipinski definition) is 3. The molecule has 0 fully saturated rings. The van der Waals surface area contributed by atoms with E-state index in [2.05, 4.69) is 4.98 Å². The Morgan fingerprint density at radius 1 is 1.64 bits per heavy atom. The van der Waals surface area contributed by atoms with Crippen molar-refractivity contribution in [3.05, 3.63) is 20.7 Å². The van der Waals surface area contributed by atoms with Gasteiger partial charge in [-0.15, -0.1) is 0 Å². The van der Waals surface area contributed by atoms with Crippen LogP contribution in [-0.2, 0) is 7.05 Å². The van der Waals surface area contributed by atoms with Gasteiger partial charge in [-0.3, -0.25) is 9.36 Å². The second kappa shape index (κ2) is 2.50. The van der Waals surface area contributed by atoms with Gasteiger partial charge in [0.25, 0.3) is 5.56 Å². The fraction of sp³-hybridized carbons (Fsp3) is 0.333. The zero-order valence-electron chi connectivity index (χ0n) is 6.34. The minimum Gasteiger partial charge on any atom is -0.385 e. The first-order valence-electron chi connectivity index (χ1n) is 3.09. The lowest BCUT2D eigenvalue weighted by Crippen LogP contribution is -2.22. The van der Waals surface area contributed by atoms with Gasteiger partial charge in [-0.25, -0.2) is 0 Å². The molecule has 0 radical (unpaired) electrons. The predicted molar refractivity (Wildman–Crippen MR) is 46.0 cm³/mol. The van der Waals surface area contributed by atoms with Gasteiger partial charge in [0, 0.05) is 7.05 Å². The van der Waals surface area contributed by atoms with Crippen LogP contribution in [0.4, 0.5) is 5.82 Å². The summed E-state index contributed by atoms with van der Waals surface area (Å²) < 4.78 is 1.69. The van der Waals surface area contributed by atoms with Crippen LogP contribution >= 0.6 is 12.2 Å². The molecule has 11 heavy (non-hydrogen) atoms. The summed E-state index contributed by atoms with van der Waals surface area (Å²) in [4.78, 5) is 13.9. The standard InChI is InChI=1S/C6H9N3OS/c1-3-4(7)8-6(11)9(2)5(3)10/h7H2,1-2H3,(H,8,11). The van der Waals surface area contributed by atoms with E-state index in [1.54, 1.807) is 14.0 Å². The highest BCUT2D eigenvalue weighted by Crippen LogP contribution is 1.98. The molecular weight excluding hydrogens is 162 g/mol. The van der Waals surface area contributed by atoms with Crippen LogP contribution in [0.2, 0.25) is 0 Å². The van der Waals surface area contributed by atoms with Crippen molar-refractivity contribution in [3.63, 3.8) is 0 Å². The molecule has 0 saturated carbocycles. The lowest BCUT2D eigenvalue weighted by molar-refractivity contribution is 0.798. The van der Waals surface area contributed by atoms with Crippen molar-refractivity contribution < 1.29 is 0 Å². The maximum atomic E-state index is 11.2. The summed E-state index contributed by atoms with van der Waals surface area (Å²) in [5, 5.41) is 0. The molecule has 1 heterocycles. The first-order valence-corrected chi connectivity index (χ1v) is 3.50. The van der Waals surface area contributed by atoms with E-state index in [1.807, 2.05) is 0 Å². The Morgan fingerprint density at radius 3 is 2.73 bits per heavy atom. The number of nitrogens with one attached hydrogen (secondary N) is 1. The molecule has 0 aromatic carbocycles. The number of nitrogens with zero attached hydrogens (tertiary/aromatic N) is 1. The van der Waals surface area contributed by atoms with Gasteiger partial charge in [-0.2, -0.15) is 0 Å². The Bertz CT molecular complexity index is 390. The first-order chi connectivity index (χ1) is 5.04. The number of rotatable bonds is 0. The Hall–Kier alpha value is -1.10. The Labute approximate surface area is 68.7 Å². The van der Waals surface area contributed by atoms with E-state index in [0.29, 0.717) is 16.2 Å². The molecule has 1 aromatic heterocycles. The molecule has 0 atom stereocenters. The Kier molecular flexibility index (Phi) is 1.82. The Balaban J connectivity index is 3.74. The van der Waals surface area contributed by atoms with E-state index in [4.69, 9.17) is 18.0 Å². The minimum absolute atomic E-state index is 0.147. The summed E-state index contributed by atoms with van der Waals surface area (Å²) in [7, 11) is 1.60. The molecule has 0 saturated heterocycles. The molecule has 4 nitrogen and oxygen atoms in total. The second-order valence-electron chi connectivity index (χ2n) is 2.33. The summed E-state index contributed by atoms with van der Waals surface area (Å²) >= 11 is 4.82. The normalized spacial score (nSPS) is 10.0. The van der Waals surface area contributed by atoms with E-state index < -0.39 is 0 Å². The summed E-state index contributed by atoms with van der Waals surface area (Å²) in [6.07, 6.45) is 0. The third-order valence-corrected chi connectivity index (χ3v) is 1.95. The number of aromatic amines is 1. The van der Waals surface area contributed by atoms with Gasteiger partial charge in [-0.05, 0) is 19.1 Å². The van der Waals surface area contributed by atoms with Crippen molar-refractivity contribution in [2.24, 2.45) is 7.05 Å². The van der Waals surface area contributed by atoms with Gasteiger partial charge in [0.1, 0.15) is 5.82 Å². The van der Waals surface area contributed by atoms with Gasteiger partial charge in [-0.1, -0.05) is 0 Å². The Morgan fingerprint density at radius 2 is 2.18 bits per heavy atom. The molecule has 0 bridgehead atoms. The highest BCUT2D eigenvalue weighted by Gasteiger charge is 2.00. The van der Waals surface area contributed by atoms with Crippen LogP contribution < -0.4 is 11.3 Å². The van der Waals surface area contributed by atoms with Gasteiger partial charge >= 0.3 is 0 Å². The van der Waals surface area contributed by atoms with Crippen LogP contribution in [0.25, 0.3) is 0 Å². The smallest absolute Gasteiger partial charge is 0.259 e. The van der Waals surface area contributed by atoms with Crippen LogP contribution in [0, 0.1) is 11.7 Å². The fourth-order valence-corrected chi connectivity index (χ4v) is 0.945. The zero-order chi connectivity index (χ0) is 8.59. The molecule has 0 spiro atoms. The summed E-state index contributed by atoms with van der Waals surface area (Å²) in [6.45, 7) is 1.66. The van der Waals surface area contributed by atoms with Crippen LogP contribution in [0.3, 0.4) is 0 Å². The highest BCUT2D eigenvalue weighted by atomic mass is 32.1. The zero-order valence-corrected chi connectivity index (χ0v) is 7.16. The van der Waals surface area contributed by atoms with Crippen molar-refractivity contribution in [2.45, 2.75) is 6.92 Å². The average molecular weight is 171 g/mol. The molecular formula is C6H9N3OS. The largest absolute Gasteiger partial charge is 0.385 e. The quantitative estimate of drug-likeness (QED) is 0.553. The van der Waals surface area contributed by atoms with Crippen LogP contribution in [-0.4, -0.2) is 9.55 Å². The molecule has 1 rings (SSSR count). The first kappa shape index (κ1) is 8.00. The molecule has 0 aliphatic rings. The maximum absolute atomic E-state index is 11.2. The molecule has 60 valence electrons. The minimum atomic E-state index is -0.147. The summed E-state index contributed by atoms with van der Waals surface area (Å²) in [5.41, 5.74) is 5.81. The SMILES string of the molecule is Cc1c(N)[nH]c(=S)n(C)c1=O. The molecule has 0 aliphatic carbocycles. The lowest BCUT2D eigenvalue weighted by atomic mass is 10.3. The third-order valence-electron chi connectivity index (χ3n) is 1.58. The number of nitrogen functional groups attached to an aromatic ring is 1. The van der Waals surface area contributed by atoms with E-state index in [-0.39, 0.29) is 5.56 Å². The third kappa shape index (κ3) is 1.19. The number of anilines is 1. The number of H-pyrrole nitrogens is 1. The van der Waals surface area contributed by atoms with E-state index in [9.17, 15) is 4.79 Å². The fourth-order valence-electron chi connectivity index (χ4n) is 0.752. The van der Waals surface area contributed by atoms with E-state index >= 15 is 0 Å². The van der Waals surface area contributed by atoms with Crippen molar-refractivity contribution >= 4 is 18.0 Å². The van der Waals surface area contributed by atoms with Gasteiger partial charge in [0.15, 0.2) is 4.77 Å². The van der Waals surface area contributed by atoms with Gasteiger partial charge < -0.3 is 10.7 Å². The molecule has 0 aliphatic heterocycles. The molecule has 5 heteroatoms. The van der Waals surface area contributed by atoms with Crippen molar-refractivity contribution in [1.29, 1.82) is 0 Å². The topological polar surface area (TPSA) is 63.8 Å². The van der Waals surface area contributed by atoms with Crippen molar-refractivity contribution in [3.8, 4) is 0 Å². The maximum Gasteiger partial charge on any atom is 0.259 e. The molecule has 0 unspecified atom stereocenters. The number of aromatic nitrogens is 2. The average Bonchev–Trinajstić information content (AvgIpc) is 1.97. The number of nitrogens with two attached hydrogens (primary N) is 1. The van der Waals surface area contributed by atoms with Gasteiger partial charge in [0.05, 0.1) is 5.56 Å². The molecule has 3 N–H and O–H groups in total. The molecule has 1 aromatic rings. The monoisotopic (exact) mass is 171 g/mol. The number of hydrogen-bond donors (Lipinski definition) is 2. The van der Waals surface area contributed by atoms with Crippen LogP contribution in [0.5, 0.6) is 0 Å². The predicted octanol–water partition coefficient (Wildman–Crippen LogP) is 0.334. The second-order valence-corrected chi connectivity index (χ2v) is 2.72. The van der Waals surface area contributed by atoms with Crippen molar-refractivity contribution in [1.82, 2.24) is 9.55 Å². The van der Waals surface area contributed by atoms with Crippen LogP contribution in [0.15, 0.2) is 4.79 Å².